The SMILES string of the molecule is O=C(CCCn1c(CCl)nc2ccc(Cl)cc21)NC1CC1. The number of rotatable bonds is 6. The zero-order valence-electron chi connectivity index (χ0n) is 11.6. The summed E-state index contributed by atoms with van der Waals surface area (Å²) in [7, 11) is 0. The molecule has 1 aliphatic rings. The zero-order chi connectivity index (χ0) is 14.8. The lowest BCUT2D eigenvalue weighted by molar-refractivity contribution is -0.121. The number of benzene rings is 1. The van der Waals surface area contributed by atoms with E-state index in [1.165, 1.54) is 0 Å². The molecule has 0 bridgehead atoms. The fourth-order valence-electron chi connectivity index (χ4n) is 2.42. The van der Waals surface area contributed by atoms with Gasteiger partial charge in [0.25, 0.3) is 0 Å². The number of imidazole rings is 1. The minimum Gasteiger partial charge on any atom is -0.353 e. The van der Waals surface area contributed by atoms with Crippen LogP contribution in [0.5, 0.6) is 0 Å². The van der Waals surface area contributed by atoms with Gasteiger partial charge in [-0.25, -0.2) is 4.98 Å². The third kappa shape index (κ3) is 3.50. The fourth-order valence-corrected chi connectivity index (χ4v) is 2.79. The van der Waals surface area contributed by atoms with E-state index in [1.54, 1.807) is 0 Å². The summed E-state index contributed by atoms with van der Waals surface area (Å²) in [5, 5.41) is 3.67. The number of carbonyl (C=O) groups is 1. The number of aryl methyl sites for hydroxylation is 1. The van der Waals surface area contributed by atoms with Crippen molar-refractivity contribution in [1.29, 1.82) is 0 Å². The first kappa shape index (κ1) is 14.7. The van der Waals surface area contributed by atoms with E-state index < -0.39 is 0 Å². The van der Waals surface area contributed by atoms with E-state index in [2.05, 4.69) is 14.9 Å². The quantitative estimate of drug-likeness (QED) is 0.826. The van der Waals surface area contributed by atoms with Crippen molar-refractivity contribution in [2.24, 2.45) is 0 Å². The number of fused-ring (bicyclic) bond motifs is 1. The van der Waals surface area contributed by atoms with Gasteiger partial charge in [0, 0.05) is 24.0 Å². The summed E-state index contributed by atoms with van der Waals surface area (Å²) in [6, 6.07) is 6.03. The van der Waals surface area contributed by atoms with Crippen LogP contribution < -0.4 is 5.32 Å². The summed E-state index contributed by atoms with van der Waals surface area (Å²) in [6.45, 7) is 0.719. The largest absolute Gasteiger partial charge is 0.353 e. The Balaban J connectivity index is 1.69. The molecule has 0 spiro atoms. The molecular formula is C15H17Cl2N3O. The maximum absolute atomic E-state index is 11.7. The maximum atomic E-state index is 11.7. The zero-order valence-corrected chi connectivity index (χ0v) is 13.1. The summed E-state index contributed by atoms with van der Waals surface area (Å²) >= 11 is 12.0. The van der Waals surface area contributed by atoms with Crippen molar-refractivity contribution in [3.63, 3.8) is 0 Å². The Morgan fingerprint density at radius 3 is 2.95 bits per heavy atom. The van der Waals surface area contributed by atoms with E-state index in [-0.39, 0.29) is 5.91 Å². The van der Waals surface area contributed by atoms with Gasteiger partial charge in [0.05, 0.1) is 16.9 Å². The van der Waals surface area contributed by atoms with Gasteiger partial charge in [0.2, 0.25) is 5.91 Å². The smallest absolute Gasteiger partial charge is 0.220 e. The van der Waals surface area contributed by atoms with Crippen molar-refractivity contribution in [3.05, 3.63) is 29.0 Å². The molecule has 1 saturated carbocycles. The van der Waals surface area contributed by atoms with Gasteiger partial charge in [0.1, 0.15) is 5.82 Å². The van der Waals surface area contributed by atoms with E-state index in [1.807, 2.05) is 18.2 Å². The van der Waals surface area contributed by atoms with E-state index in [9.17, 15) is 4.79 Å². The molecule has 1 N–H and O–H groups in total. The molecule has 3 rings (SSSR count). The number of nitrogens with zero attached hydrogens (tertiary/aromatic N) is 2. The highest BCUT2D eigenvalue weighted by Gasteiger charge is 2.22. The molecule has 1 amide bonds. The Kier molecular flexibility index (Phi) is 4.36. The standard InChI is InChI=1S/C15H17Cl2N3O/c16-9-14-19-12-6-3-10(17)8-13(12)20(14)7-1-2-15(21)18-11-4-5-11/h3,6,8,11H,1-2,4-5,7,9H2,(H,18,21). The lowest BCUT2D eigenvalue weighted by atomic mass is 10.2. The molecule has 0 aliphatic heterocycles. The Morgan fingerprint density at radius 2 is 2.24 bits per heavy atom. The molecule has 1 aromatic carbocycles. The average Bonchev–Trinajstić information content (AvgIpc) is 3.20. The molecule has 0 saturated heterocycles. The van der Waals surface area contributed by atoms with Crippen molar-refractivity contribution in [2.45, 2.75) is 44.1 Å². The summed E-state index contributed by atoms with van der Waals surface area (Å²) in [6.07, 6.45) is 3.53. The third-order valence-corrected chi connectivity index (χ3v) is 4.11. The van der Waals surface area contributed by atoms with Gasteiger partial charge in [-0.1, -0.05) is 11.6 Å². The summed E-state index contributed by atoms with van der Waals surface area (Å²) < 4.78 is 2.05. The van der Waals surface area contributed by atoms with Crippen LogP contribution in [0.4, 0.5) is 0 Å². The predicted octanol–water partition coefficient (Wildman–Crippen LogP) is 3.49. The molecule has 21 heavy (non-hydrogen) atoms. The van der Waals surface area contributed by atoms with Crippen LogP contribution in [-0.4, -0.2) is 21.5 Å². The first-order valence-electron chi connectivity index (χ1n) is 7.17. The topological polar surface area (TPSA) is 46.9 Å². The number of hydrogen-bond donors (Lipinski definition) is 1. The number of hydrogen-bond acceptors (Lipinski definition) is 2. The summed E-state index contributed by atoms with van der Waals surface area (Å²) in [5.74, 6) is 1.30. The molecule has 6 heteroatoms. The van der Waals surface area contributed by atoms with Crippen molar-refractivity contribution >= 4 is 40.1 Å². The van der Waals surface area contributed by atoms with Gasteiger partial charge in [-0.15, -0.1) is 11.6 Å². The van der Waals surface area contributed by atoms with Gasteiger partial charge in [-0.3, -0.25) is 4.79 Å². The number of amides is 1. The normalized spacial score (nSPS) is 14.6. The van der Waals surface area contributed by atoms with Crippen LogP contribution >= 0.6 is 23.2 Å². The molecule has 0 unspecified atom stereocenters. The lowest BCUT2D eigenvalue weighted by Gasteiger charge is -2.08. The van der Waals surface area contributed by atoms with Crippen LogP contribution in [0.15, 0.2) is 18.2 Å². The van der Waals surface area contributed by atoms with Crippen molar-refractivity contribution in [2.75, 3.05) is 0 Å². The molecule has 1 aliphatic carbocycles. The summed E-state index contributed by atoms with van der Waals surface area (Å²) in [4.78, 5) is 16.2. The van der Waals surface area contributed by atoms with Crippen LogP contribution in [0.3, 0.4) is 0 Å². The fraction of sp³-hybridized carbons (Fsp3) is 0.467. The first-order valence-corrected chi connectivity index (χ1v) is 8.08. The van der Waals surface area contributed by atoms with Gasteiger partial charge in [0.15, 0.2) is 0 Å². The predicted molar refractivity (Wildman–Crippen MR) is 84.7 cm³/mol. The molecule has 1 heterocycles. The van der Waals surface area contributed by atoms with E-state index in [0.29, 0.717) is 23.4 Å². The van der Waals surface area contributed by atoms with Crippen LogP contribution in [0, 0.1) is 0 Å². The number of alkyl halides is 1. The van der Waals surface area contributed by atoms with Gasteiger partial charge in [-0.05, 0) is 37.5 Å². The van der Waals surface area contributed by atoms with E-state index in [0.717, 1.165) is 42.7 Å². The molecule has 2 aromatic rings. The van der Waals surface area contributed by atoms with Crippen molar-refractivity contribution in [1.82, 2.24) is 14.9 Å². The molecule has 0 radical (unpaired) electrons. The third-order valence-electron chi connectivity index (χ3n) is 3.64. The second kappa shape index (κ2) is 6.24. The molecule has 4 nitrogen and oxygen atoms in total. The Bertz CT molecular complexity index is 664. The lowest BCUT2D eigenvalue weighted by Crippen LogP contribution is -2.25. The minimum absolute atomic E-state index is 0.132. The second-order valence-corrected chi connectivity index (χ2v) is 6.10. The second-order valence-electron chi connectivity index (χ2n) is 5.39. The highest BCUT2D eigenvalue weighted by atomic mass is 35.5. The maximum Gasteiger partial charge on any atom is 0.220 e. The molecular weight excluding hydrogens is 309 g/mol. The van der Waals surface area contributed by atoms with Gasteiger partial charge < -0.3 is 9.88 Å². The number of nitrogens with one attached hydrogen (secondary N) is 1. The highest BCUT2D eigenvalue weighted by Crippen LogP contribution is 2.22. The minimum atomic E-state index is 0.132. The molecule has 0 atom stereocenters. The van der Waals surface area contributed by atoms with Crippen LogP contribution in [0.1, 0.15) is 31.5 Å². The first-order chi connectivity index (χ1) is 10.2. The monoisotopic (exact) mass is 325 g/mol. The number of halogens is 2. The van der Waals surface area contributed by atoms with Crippen LogP contribution in [0.2, 0.25) is 5.02 Å². The van der Waals surface area contributed by atoms with Crippen molar-refractivity contribution < 1.29 is 4.79 Å². The average molecular weight is 326 g/mol. The van der Waals surface area contributed by atoms with Gasteiger partial charge >= 0.3 is 0 Å². The van der Waals surface area contributed by atoms with Crippen LogP contribution in [-0.2, 0) is 17.2 Å². The Hall–Kier alpha value is -1.26. The number of carbonyl (C=O) groups excluding carboxylic acids is 1. The highest BCUT2D eigenvalue weighted by molar-refractivity contribution is 6.31. The molecule has 1 aromatic heterocycles. The van der Waals surface area contributed by atoms with Crippen molar-refractivity contribution in [3.8, 4) is 0 Å². The van der Waals surface area contributed by atoms with Gasteiger partial charge in [-0.2, -0.15) is 0 Å². The molecule has 112 valence electrons. The van der Waals surface area contributed by atoms with Crippen LogP contribution in [0.25, 0.3) is 11.0 Å². The molecule has 1 fully saturated rings. The Morgan fingerprint density at radius 1 is 1.43 bits per heavy atom. The van der Waals surface area contributed by atoms with E-state index >= 15 is 0 Å². The summed E-state index contributed by atoms with van der Waals surface area (Å²) in [5.41, 5.74) is 1.86. The van der Waals surface area contributed by atoms with E-state index in [4.69, 9.17) is 23.2 Å². The number of aromatic nitrogens is 2. The Labute approximate surface area is 133 Å².